The molecule has 0 aliphatic carbocycles. The molecule has 0 saturated carbocycles. The Kier molecular flexibility index (Phi) is 7.18. The summed E-state index contributed by atoms with van der Waals surface area (Å²) in [6.45, 7) is 3.06. The maximum absolute atomic E-state index is 13.3. The third-order valence-corrected chi connectivity index (χ3v) is 7.07. The number of nitrogens with one attached hydrogen (secondary N) is 1. The van der Waals surface area contributed by atoms with Gasteiger partial charge >= 0.3 is 0 Å². The van der Waals surface area contributed by atoms with Crippen molar-refractivity contribution in [1.29, 1.82) is 0 Å². The lowest BCUT2D eigenvalue weighted by atomic mass is 9.83. The Hall–Kier alpha value is -2.98. The number of likely N-dealkylation sites (tertiary alicyclic amines) is 1. The first kappa shape index (κ1) is 24.2. The molecule has 1 aromatic heterocycles. The molecular formula is C23H29ClFN7O2. The lowest BCUT2D eigenvalue weighted by Crippen LogP contribution is -2.63. The number of carbonyl (C=O) groups excluding carboxylic acids is 2. The first-order valence-electron chi connectivity index (χ1n) is 11.4. The van der Waals surface area contributed by atoms with Crippen molar-refractivity contribution in [2.24, 2.45) is 5.73 Å². The average Bonchev–Trinajstić information content (AvgIpc) is 2.85. The summed E-state index contributed by atoms with van der Waals surface area (Å²) in [7, 11) is 0. The molecule has 2 fully saturated rings. The van der Waals surface area contributed by atoms with E-state index in [1.165, 1.54) is 30.8 Å². The zero-order valence-electron chi connectivity index (χ0n) is 18.9. The number of halogens is 2. The van der Waals surface area contributed by atoms with E-state index in [-0.39, 0.29) is 28.9 Å². The molecule has 0 unspecified atom stereocenters. The number of nitrogen functional groups attached to an aromatic ring is 1. The van der Waals surface area contributed by atoms with Gasteiger partial charge in [-0.25, -0.2) is 9.37 Å². The summed E-state index contributed by atoms with van der Waals surface area (Å²) in [6.07, 6.45) is 5.92. The smallest absolute Gasteiger partial charge is 0.256 e. The lowest BCUT2D eigenvalue weighted by Gasteiger charge is -2.48. The number of nitrogens with two attached hydrogens (primary N) is 2. The van der Waals surface area contributed by atoms with E-state index in [2.05, 4.69) is 20.2 Å². The van der Waals surface area contributed by atoms with E-state index in [9.17, 15) is 14.0 Å². The standard InChI is InChI=1S/C23H29ClFN7O2/c24-17-12-15(4-5-18(17)25)13-28-20(33)16-14-29-22(30-19(16)26)31-10-6-23(7-11-31,21(27)34)32-8-2-1-3-9-32/h4-5,12,14H,1-3,6-11,13H2,(H2,27,34)(H,28,33)(H2,26,29,30). The van der Waals surface area contributed by atoms with E-state index in [1.54, 1.807) is 0 Å². The van der Waals surface area contributed by atoms with E-state index in [1.807, 2.05) is 4.90 Å². The van der Waals surface area contributed by atoms with Crippen LogP contribution in [0.3, 0.4) is 0 Å². The van der Waals surface area contributed by atoms with Gasteiger partial charge in [-0.15, -0.1) is 0 Å². The second kappa shape index (κ2) is 10.1. The second-order valence-electron chi connectivity index (χ2n) is 8.83. The van der Waals surface area contributed by atoms with Crippen LogP contribution in [0.25, 0.3) is 0 Å². The first-order chi connectivity index (χ1) is 16.3. The Morgan fingerprint density at radius 3 is 2.47 bits per heavy atom. The molecule has 0 atom stereocenters. The van der Waals surface area contributed by atoms with Gasteiger partial charge in [-0.2, -0.15) is 4.98 Å². The monoisotopic (exact) mass is 489 g/mol. The fourth-order valence-corrected chi connectivity index (χ4v) is 4.96. The number of aromatic nitrogens is 2. The third kappa shape index (κ3) is 4.92. The van der Waals surface area contributed by atoms with Gasteiger partial charge in [0.2, 0.25) is 11.9 Å². The molecule has 2 amide bonds. The zero-order chi connectivity index (χ0) is 24.3. The Bertz CT molecular complexity index is 1070. The molecule has 1 aromatic carbocycles. The minimum Gasteiger partial charge on any atom is -0.383 e. The summed E-state index contributed by atoms with van der Waals surface area (Å²) in [5, 5.41) is 2.70. The lowest BCUT2D eigenvalue weighted by molar-refractivity contribution is -0.132. The van der Waals surface area contributed by atoms with Gasteiger partial charge in [0.1, 0.15) is 17.2 Å². The van der Waals surface area contributed by atoms with E-state index < -0.39 is 17.3 Å². The molecule has 11 heteroatoms. The van der Waals surface area contributed by atoms with Crippen LogP contribution < -0.4 is 21.7 Å². The minimum atomic E-state index is -0.633. The summed E-state index contributed by atoms with van der Waals surface area (Å²) < 4.78 is 13.3. The van der Waals surface area contributed by atoms with Crippen molar-refractivity contribution in [2.75, 3.05) is 36.8 Å². The van der Waals surface area contributed by atoms with E-state index in [0.717, 1.165) is 25.9 Å². The maximum atomic E-state index is 13.3. The fourth-order valence-electron chi connectivity index (χ4n) is 4.76. The summed E-state index contributed by atoms with van der Waals surface area (Å²) in [5.74, 6) is -0.768. The van der Waals surface area contributed by atoms with Crippen molar-refractivity contribution < 1.29 is 14.0 Å². The van der Waals surface area contributed by atoms with Crippen molar-refractivity contribution in [2.45, 2.75) is 44.2 Å². The van der Waals surface area contributed by atoms with E-state index in [4.69, 9.17) is 23.1 Å². The molecule has 182 valence electrons. The molecule has 34 heavy (non-hydrogen) atoms. The normalized spacial score (nSPS) is 18.5. The van der Waals surface area contributed by atoms with Crippen LogP contribution in [-0.2, 0) is 11.3 Å². The topological polar surface area (TPSA) is 130 Å². The van der Waals surface area contributed by atoms with Crippen molar-refractivity contribution in [3.63, 3.8) is 0 Å². The Balaban J connectivity index is 1.39. The highest BCUT2D eigenvalue weighted by Crippen LogP contribution is 2.32. The zero-order valence-corrected chi connectivity index (χ0v) is 19.7. The molecule has 3 heterocycles. The highest BCUT2D eigenvalue weighted by Gasteiger charge is 2.45. The van der Waals surface area contributed by atoms with Crippen LogP contribution in [0.4, 0.5) is 16.2 Å². The number of nitrogens with zero attached hydrogens (tertiary/aromatic N) is 4. The summed E-state index contributed by atoms with van der Waals surface area (Å²) in [4.78, 5) is 37.9. The molecule has 0 bridgehead atoms. The van der Waals surface area contributed by atoms with Crippen LogP contribution in [0.1, 0.15) is 48.0 Å². The molecular weight excluding hydrogens is 461 g/mol. The fraction of sp³-hybridized carbons (Fsp3) is 0.478. The van der Waals surface area contributed by atoms with Gasteiger partial charge in [-0.3, -0.25) is 14.5 Å². The summed E-state index contributed by atoms with van der Waals surface area (Å²) in [5.41, 5.74) is 12.1. The highest BCUT2D eigenvalue weighted by molar-refractivity contribution is 6.30. The molecule has 5 N–H and O–H groups in total. The summed E-state index contributed by atoms with van der Waals surface area (Å²) >= 11 is 5.78. The summed E-state index contributed by atoms with van der Waals surface area (Å²) in [6, 6.07) is 4.23. The van der Waals surface area contributed by atoms with Gasteiger partial charge in [0.05, 0.1) is 10.6 Å². The largest absolute Gasteiger partial charge is 0.383 e. The molecule has 2 aromatic rings. The van der Waals surface area contributed by atoms with E-state index in [0.29, 0.717) is 37.4 Å². The average molecular weight is 490 g/mol. The van der Waals surface area contributed by atoms with E-state index >= 15 is 0 Å². The quantitative estimate of drug-likeness (QED) is 0.566. The van der Waals surface area contributed by atoms with Gasteiger partial charge in [0, 0.05) is 25.8 Å². The van der Waals surface area contributed by atoms with Crippen LogP contribution >= 0.6 is 11.6 Å². The maximum Gasteiger partial charge on any atom is 0.256 e. The van der Waals surface area contributed by atoms with Crippen molar-refractivity contribution in [1.82, 2.24) is 20.2 Å². The SMILES string of the molecule is NC(=O)C1(N2CCCCC2)CCN(c2ncc(C(=O)NCc3ccc(F)c(Cl)c3)c(N)n2)CC1. The van der Waals surface area contributed by atoms with Crippen LogP contribution in [0.2, 0.25) is 5.02 Å². The molecule has 9 nitrogen and oxygen atoms in total. The van der Waals surface area contributed by atoms with Crippen molar-refractivity contribution in [3.05, 3.63) is 46.4 Å². The number of carbonyl (C=O) groups is 2. The Morgan fingerprint density at radius 2 is 1.85 bits per heavy atom. The van der Waals surface area contributed by atoms with Gasteiger partial charge < -0.3 is 21.7 Å². The predicted octanol–water partition coefficient (Wildman–Crippen LogP) is 2.09. The number of rotatable bonds is 6. The predicted molar refractivity (Wildman–Crippen MR) is 128 cm³/mol. The molecule has 2 aliphatic heterocycles. The van der Waals surface area contributed by atoms with Crippen LogP contribution in [0.5, 0.6) is 0 Å². The number of piperidine rings is 2. The number of amides is 2. The Labute approximate surface area is 202 Å². The molecule has 2 saturated heterocycles. The highest BCUT2D eigenvalue weighted by atomic mass is 35.5. The molecule has 4 rings (SSSR count). The molecule has 0 radical (unpaired) electrons. The third-order valence-electron chi connectivity index (χ3n) is 6.78. The number of hydrogen-bond acceptors (Lipinski definition) is 7. The molecule has 2 aliphatic rings. The minimum absolute atomic E-state index is 0.0129. The van der Waals surface area contributed by atoms with Gasteiger partial charge in [0.25, 0.3) is 5.91 Å². The Morgan fingerprint density at radius 1 is 1.15 bits per heavy atom. The van der Waals surface area contributed by atoms with Gasteiger partial charge in [0.15, 0.2) is 0 Å². The number of benzene rings is 1. The number of anilines is 2. The first-order valence-corrected chi connectivity index (χ1v) is 11.8. The second-order valence-corrected chi connectivity index (χ2v) is 9.24. The van der Waals surface area contributed by atoms with Crippen molar-refractivity contribution in [3.8, 4) is 0 Å². The number of primary amides is 1. The van der Waals surface area contributed by atoms with Crippen LogP contribution in [0.15, 0.2) is 24.4 Å². The van der Waals surface area contributed by atoms with Crippen LogP contribution in [-0.4, -0.2) is 58.4 Å². The van der Waals surface area contributed by atoms with Crippen molar-refractivity contribution >= 4 is 35.2 Å². The van der Waals surface area contributed by atoms with Crippen LogP contribution in [0, 0.1) is 5.82 Å². The van der Waals surface area contributed by atoms with Gasteiger partial charge in [-0.1, -0.05) is 24.1 Å². The molecule has 0 spiro atoms. The number of hydrogen-bond donors (Lipinski definition) is 3. The van der Waals surface area contributed by atoms with Gasteiger partial charge in [-0.05, 0) is 56.5 Å².